The largest absolute Gasteiger partial charge is 0.365 e. The molecule has 1 atom stereocenters. The number of benzene rings is 2. The van der Waals surface area contributed by atoms with Crippen molar-refractivity contribution in [1.82, 2.24) is 10.1 Å². The van der Waals surface area contributed by atoms with Gasteiger partial charge in [-0.3, -0.25) is 4.79 Å². The molecule has 0 spiro atoms. The smallest absolute Gasteiger partial charge is 0.259 e. The Morgan fingerprint density at radius 2 is 1.90 bits per heavy atom. The molecule has 1 aliphatic rings. The van der Waals surface area contributed by atoms with E-state index in [-0.39, 0.29) is 33.8 Å². The molecule has 1 fully saturated rings. The molecule has 0 bridgehead atoms. The summed E-state index contributed by atoms with van der Waals surface area (Å²) in [5, 5.41) is 4.15. The summed E-state index contributed by atoms with van der Waals surface area (Å²) in [5.41, 5.74) is 2.85. The predicted molar refractivity (Wildman–Crippen MR) is 116 cm³/mol. The highest BCUT2D eigenvalue weighted by molar-refractivity contribution is 6.33. The first-order valence-corrected chi connectivity index (χ1v) is 10.3. The third-order valence-corrected chi connectivity index (χ3v) is 5.87. The molecule has 0 unspecified atom stereocenters. The molecule has 5 nitrogen and oxygen atoms in total. The number of anilines is 1. The van der Waals surface area contributed by atoms with E-state index in [2.05, 4.69) is 48.2 Å². The fourth-order valence-corrected chi connectivity index (χ4v) is 4.19. The third kappa shape index (κ3) is 3.67. The zero-order chi connectivity index (χ0) is 21.4. The second-order valence-corrected chi connectivity index (χ2v) is 8.10. The number of halogens is 2. The molecule has 1 saturated heterocycles. The minimum Gasteiger partial charge on any atom is -0.365 e. The van der Waals surface area contributed by atoms with Gasteiger partial charge in [0.2, 0.25) is 0 Å². The fourth-order valence-electron chi connectivity index (χ4n) is 3.94. The molecule has 7 heteroatoms. The fraction of sp³-hybridized carbons (Fsp3) is 0.304. The van der Waals surface area contributed by atoms with Crippen LogP contribution in [0.15, 0.2) is 47.0 Å². The molecule has 3 aromatic rings. The molecule has 30 heavy (non-hydrogen) atoms. The average Bonchev–Trinajstić information content (AvgIpc) is 3.09. The summed E-state index contributed by atoms with van der Waals surface area (Å²) in [7, 11) is 0. The SMILES string of the molecule is Cc1ccc(N2CCN(C(=O)c3c(-c4c(F)cccc4Cl)noc3C)C[C@H]2C)cc1. The third-order valence-electron chi connectivity index (χ3n) is 5.56. The van der Waals surface area contributed by atoms with Crippen LogP contribution >= 0.6 is 11.6 Å². The first kappa shape index (κ1) is 20.4. The summed E-state index contributed by atoms with van der Waals surface area (Å²) in [6.45, 7) is 7.60. The minimum atomic E-state index is -0.539. The number of aromatic nitrogens is 1. The Balaban J connectivity index is 1.60. The molecule has 1 aliphatic heterocycles. The van der Waals surface area contributed by atoms with E-state index in [9.17, 15) is 9.18 Å². The van der Waals surface area contributed by atoms with Crippen molar-refractivity contribution in [3.8, 4) is 11.3 Å². The monoisotopic (exact) mass is 427 g/mol. The van der Waals surface area contributed by atoms with E-state index in [1.807, 2.05) is 0 Å². The van der Waals surface area contributed by atoms with Crippen LogP contribution in [-0.2, 0) is 0 Å². The van der Waals surface area contributed by atoms with Gasteiger partial charge in [-0.15, -0.1) is 0 Å². The standard InChI is InChI=1S/C23H23ClFN3O2/c1-14-7-9-17(10-8-14)28-12-11-27(13-15(28)2)23(29)20-16(3)30-26-22(20)21-18(24)5-4-6-19(21)25/h4-10,15H,11-13H2,1-3H3/t15-/m1/s1. The average molecular weight is 428 g/mol. The molecule has 0 radical (unpaired) electrons. The molecular formula is C23H23ClFN3O2. The molecule has 0 saturated carbocycles. The van der Waals surface area contributed by atoms with Crippen molar-refractivity contribution in [2.75, 3.05) is 24.5 Å². The van der Waals surface area contributed by atoms with Gasteiger partial charge in [-0.05, 0) is 45.0 Å². The number of hydrogen-bond acceptors (Lipinski definition) is 4. The van der Waals surface area contributed by atoms with Crippen molar-refractivity contribution in [3.63, 3.8) is 0 Å². The lowest BCUT2D eigenvalue weighted by Crippen LogP contribution is -2.53. The number of amides is 1. The highest BCUT2D eigenvalue weighted by Gasteiger charge is 2.32. The summed E-state index contributed by atoms with van der Waals surface area (Å²) in [4.78, 5) is 17.4. The zero-order valence-corrected chi connectivity index (χ0v) is 17.9. The van der Waals surface area contributed by atoms with Crippen LogP contribution in [0, 0.1) is 19.7 Å². The van der Waals surface area contributed by atoms with Crippen LogP contribution in [0.5, 0.6) is 0 Å². The molecule has 156 valence electrons. The lowest BCUT2D eigenvalue weighted by atomic mass is 10.0. The van der Waals surface area contributed by atoms with Crippen molar-refractivity contribution in [3.05, 3.63) is 70.2 Å². The number of hydrogen-bond donors (Lipinski definition) is 0. The summed E-state index contributed by atoms with van der Waals surface area (Å²) >= 11 is 6.20. The number of rotatable bonds is 3. The maximum Gasteiger partial charge on any atom is 0.259 e. The summed E-state index contributed by atoms with van der Waals surface area (Å²) in [6, 6.07) is 12.9. The van der Waals surface area contributed by atoms with Gasteiger partial charge in [-0.25, -0.2) is 4.39 Å². The van der Waals surface area contributed by atoms with Gasteiger partial charge in [0.25, 0.3) is 5.91 Å². The van der Waals surface area contributed by atoms with Crippen molar-refractivity contribution < 1.29 is 13.7 Å². The number of carbonyl (C=O) groups excluding carboxylic acids is 1. The molecule has 0 aliphatic carbocycles. The van der Waals surface area contributed by atoms with Gasteiger partial charge in [0.15, 0.2) is 0 Å². The maximum atomic E-state index is 14.5. The molecule has 1 amide bonds. The van der Waals surface area contributed by atoms with Gasteiger partial charge in [0.05, 0.1) is 10.6 Å². The Morgan fingerprint density at radius 1 is 1.17 bits per heavy atom. The summed E-state index contributed by atoms with van der Waals surface area (Å²) < 4.78 is 19.7. The van der Waals surface area contributed by atoms with E-state index in [0.717, 1.165) is 5.69 Å². The van der Waals surface area contributed by atoms with E-state index < -0.39 is 5.82 Å². The van der Waals surface area contributed by atoms with Gasteiger partial charge in [-0.1, -0.05) is 40.5 Å². The van der Waals surface area contributed by atoms with Gasteiger partial charge >= 0.3 is 0 Å². The minimum absolute atomic E-state index is 0.0886. The molecule has 2 heterocycles. The van der Waals surface area contributed by atoms with Crippen LogP contribution < -0.4 is 4.90 Å². The second kappa shape index (κ2) is 8.11. The number of carbonyl (C=O) groups is 1. The van der Waals surface area contributed by atoms with Crippen molar-refractivity contribution in [1.29, 1.82) is 0 Å². The second-order valence-electron chi connectivity index (χ2n) is 7.69. The van der Waals surface area contributed by atoms with Gasteiger partial charge in [0.1, 0.15) is 22.8 Å². The van der Waals surface area contributed by atoms with E-state index in [4.69, 9.17) is 16.1 Å². The number of piperazine rings is 1. The molecule has 4 rings (SSSR count). The van der Waals surface area contributed by atoms with Crippen LogP contribution in [-0.4, -0.2) is 41.6 Å². The lowest BCUT2D eigenvalue weighted by Gasteiger charge is -2.41. The van der Waals surface area contributed by atoms with Crippen LogP contribution in [0.3, 0.4) is 0 Å². The maximum absolute atomic E-state index is 14.5. The highest BCUT2D eigenvalue weighted by Crippen LogP contribution is 2.34. The van der Waals surface area contributed by atoms with E-state index in [1.54, 1.807) is 17.9 Å². The normalized spacial score (nSPS) is 16.8. The van der Waals surface area contributed by atoms with Crippen molar-refractivity contribution in [2.45, 2.75) is 26.8 Å². The van der Waals surface area contributed by atoms with E-state index >= 15 is 0 Å². The van der Waals surface area contributed by atoms with Crippen molar-refractivity contribution >= 4 is 23.2 Å². The van der Waals surface area contributed by atoms with Crippen LogP contribution in [0.25, 0.3) is 11.3 Å². The number of aryl methyl sites for hydroxylation is 2. The summed E-state index contributed by atoms with van der Waals surface area (Å²) in [6.07, 6.45) is 0. The molecule has 0 N–H and O–H groups in total. The van der Waals surface area contributed by atoms with Gasteiger partial charge in [0, 0.05) is 31.4 Å². The van der Waals surface area contributed by atoms with Crippen molar-refractivity contribution in [2.24, 2.45) is 0 Å². The van der Waals surface area contributed by atoms with Crippen LogP contribution in [0.2, 0.25) is 5.02 Å². The topological polar surface area (TPSA) is 49.6 Å². The first-order chi connectivity index (χ1) is 14.4. The molecule has 2 aromatic carbocycles. The van der Waals surface area contributed by atoms with E-state index in [1.165, 1.54) is 17.7 Å². The zero-order valence-electron chi connectivity index (χ0n) is 17.2. The summed E-state index contributed by atoms with van der Waals surface area (Å²) in [5.74, 6) is -0.413. The van der Waals surface area contributed by atoms with E-state index in [0.29, 0.717) is 25.4 Å². The lowest BCUT2D eigenvalue weighted by molar-refractivity contribution is 0.0725. The first-order valence-electron chi connectivity index (χ1n) is 9.90. The van der Waals surface area contributed by atoms with Gasteiger partial charge < -0.3 is 14.3 Å². The predicted octanol–water partition coefficient (Wildman–Crippen LogP) is 5.10. The highest BCUT2D eigenvalue weighted by atomic mass is 35.5. The Labute approximate surface area is 180 Å². The van der Waals surface area contributed by atoms with Crippen LogP contribution in [0.1, 0.15) is 28.6 Å². The van der Waals surface area contributed by atoms with Gasteiger partial charge in [-0.2, -0.15) is 0 Å². The number of nitrogens with zero attached hydrogens (tertiary/aromatic N) is 3. The quantitative estimate of drug-likeness (QED) is 0.583. The molecular weight excluding hydrogens is 405 g/mol. The Bertz CT molecular complexity index is 1060. The Hall–Kier alpha value is -2.86. The Kier molecular flexibility index (Phi) is 5.52. The molecule has 1 aromatic heterocycles. The Morgan fingerprint density at radius 3 is 2.57 bits per heavy atom. The van der Waals surface area contributed by atoms with Crippen LogP contribution in [0.4, 0.5) is 10.1 Å².